The lowest BCUT2D eigenvalue weighted by Gasteiger charge is -2.08. The first-order valence-corrected chi connectivity index (χ1v) is 6.06. The molecule has 0 radical (unpaired) electrons. The zero-order valence-corrected chi connectivity index (χ0v) is 10.8. The molecule has 0 N–H and O–H groups in total. The number of rotatable bonds is 3. The summed E-state index contributed by atoms with van der Waals surface area (Å²) < 4.78 is 13.2. The Morgan fingerprint density at radius 1 is 1.06 bits per heavy atom. The van der Waals surface area contributed by atoms with Crippen molar-refractivity contribution >= 4 is 5.57 Å². The SMILES string of the molecule is C=C(Cc1ccc(F)c(C)c1)c1ccc(C)cc1. The van der Waals surface area contributed by atoms with E-state index in [4.69, 9.17) is 0 Å². The highest BCUT2D eigenvalue weighted by molar-refractivity contribution is 5.65. The van der Waals surface area contributed by atoms with Crippen molar-refractivity contribution in [1.82, 2.24) is 0 Å². The van der Waals surface area contributed by atoms with E-state index in [1.165, 1.54) is 11.6 Å². The molecule has 2 rings (SSSR count). The average Bonchev–Trinajstić information content (AvgIpc) is 2.34. The van der Waals surface area contributed by atoms with Gasteiger partial charge < -0.3 is 0 Å². The van der Waals surface area contributed by atoms with Crippen molar-refractivity contribution in [3.05, 3.63) is 77.1 Å². The predicted octanol–water partition coefficient (Wildman–Crippen LogP) is 4.70. The molecular formula is C17H17F. The van der Waals surface area contributed by atoms with Crippen LogP contribution in [0.15, 0.2) is 49.0 Å². The number of halogens is 1. The van der Waals surface area contributed by atoms with E-state index in [9.17, 15) is 4.39 Å². The van der Waals surface area contributed by atoms with Gasteiger partial charge in [-0.2, -0.15) is 0 Å². The summed E-state index contributed by atoms with van der Waals surface area (Å²) in [6.45, 7) is 7.96. The lowest BCUT2D eigenvalue weighted by Crippen LogP contribution is -1.92. The molecule has 0 aliphatic carbocycles. The van der Waals surface area contributed by atoms with Crippen molar-refractivity contribution in [2.45, 2.75) is 20.3 Å². The minimum absolute atomic E-state index is 0.153. The van der Waals surface area contributed by atoms with Gasteiger partial charge in [0.05, 0.1) is 0 Å². The maximum Gasteiger partial charge on any atom is 0.126 e. The van der Waals surface area contributed by atoms with Gasteiger partial charge in [-0.15, -0.1) is 0 Å². The van der Waals surface area contributed by atoms with Crippen LogP contribution in [0.4, 0.5) is 4.39 Å². The second-order valence-electron chi connectivity index (χ2n) is 4.73. The molecule has 0 amide bonds. The number of hydrogen-bond acceptors (Lipinski definition) is 0. The first kappa shape index (κ1) is 12.6. The Labute approximate surface area is 108 Å². The van der Waals surface area contributed by atoms with Crippen molar-refractivity contribution in [2.75, 3.05) is 0 Å². The van der Waals surface area contributed by atoms with Crippen molar-refractivity contribution in [2.24, 2.45) is 0 Å². The fourth-order valence-electron chi connectivity index (χ4n) is 1.95. The van der Waals surface area contributed by atoms with Gasteiger partial charge in [0, 0.05) is 0 Å². The third-order valence-electron chi connectivity index (χ3n) is 3.10. The Morgan fingerprint density at radius 2 is 1.72 bits per heavy atom. The third kappa shape index (κ3) is 2.86. The zero-order valence-electron chi connectivity index (χ0n) is 10.8. The molecule has 0 aromatic heterocycles. The highest BCUT2D eigenvalue weighted by atomic mass is 19.1. The Hall–Kier alpha value is -1.89. The molecule has 0 saturated heterocycles. The second-order valence-corrected chi connectivity index (χ2v) is 4.73. The molecule has 0 saturated carbocycles. The fraction of sp³-hybridized carbons (Fsp3) is 0.176. The van der Waals surface area contributed by atoms with Gasteiger partial charge in [-0.3, -0.25) is 0 Å². The molecule has 0 unspecified atom stereocenters. The second kappa shape index (κ2) is 5.18. The number of aryl methyl sites for hydroxylation is 2. The van der Waals surface area contributed by atoms with Crippen LogP contribution in [0, 0.1) is 19.7 Å². The van der Waals surface area contributed by atoms with Crippen LogP contribution in [0.1, 0.15) is 22.3 Å². The van der Waals surface area contributed by atoms with E-state index in [1.807, 2.05) is 12.1 Å². The van der Waals surface area contributed by atoms with Gasteiger partial charge in [0.25, 0.3) is 0 Å². The fourth-order valence-corrected chi connectivity index (χ4v) is 1.95. The Kier molecular flexibility index (Phi) is 3.61. The van der Waals surface area contributed by atoms with Crippen LogP contribution in [0.5, 0.6) is 0 Å². The van der Waals surface area contributed by atoms with Gasteiger partial charge in [0.1, 0.15) is 5.82 Å². The lowest BCUT2D eigenvalue weighted by molar-refractivity contribution is 0.618. The lowest BCUT2D eigenvalue weighted by atomic mass is 9.98. The molecule has 0 aliphatic rings. The molecule has 0 spiro atoms. The Bertz CT molecular complexity index is 565. The molecule has 2 aromatic rings. The summed E-state index contributed by atoms with van der Waals surface area (Å²) in [6, 6.07) is 13.5. The normalized spacial score (nSPS) is 10.4. The maximum atomic E-state index is 13.2. The topological polar surface area (TPSA) is 0 Å². The van der Waals surface area contributed by atoms with Crippen molar-refractivity contribution in [1.29, 1.82) is 0 Å². The summed E-state index contributed by atoms with van der Waals surface area (Å²) in [6.07, 6.45) is 0.754. The largest absolute Gasteiger partial charge is 0.207 e. The summed E-state index contributed by atoms with van der Waals surface area (Å²) in [5.41, 5.74) is 5.22. The van der Waals surface area contributed by atoms with Gasteiger partial charge in [-0.25, -0.2) is 4.39 Å². The van der Waals surface area contributed by atoms with Gasteiger partial charge >= 0.3 is 0 Å². The van der Waals surface area contributed by atoms with Gasteiger partial charge in [-0.1, -0.05) is 48.5 Å². The molecule has 1 heteroatoms. The van der Waals surface area contributed by atoms with Crippen molar-refractivity contribution in [3.63, 3.8) is 0 Å². The standard InChI is InChI=1S/C17H17F/c1-12-4-7-16(8-5-12)13(2)10-15-6-9-17(18)14(3)11-15/h4-9,11H,2,10H2,1,3H3. The minimum Gasteiger partial charge on any atom is -0.207 e. The van der Waals surface area contributed by atoms with Crippen LogP contribution in [-0.4, -0.2) is 0 Å². The van der Waals surface area contributed by atoms with Crippen LogP contribution >= 0.6 is 0 Å². The van der Waals surface area contributed by atoms with E-state index in [0.29, 0.717) is 5.56 Å². The first-order valence-electron chi connectivity index (χ1n) is 6.06. The number of allylic oxidation sites excluding steroid dienone is 1. The quantitative estimate of drug-likeness (QED) is 0.729. The van der Waals surface area contributed by atoms with Crippen LogP contribution in [0.2, 0.25) is 0 Å². The highest BCUT2D eigenvalue weighted by Gasteiger charge is 2.03. The summed E-state index contributed by atoms with van der Waals surface area (Å²) >= 11 is 0. The monoisotopic (exact) mass is 240 g/mol. The number of hydrogen-bond donors (Lipinski definition) is 0. The van der Waals surface area contributed by atoms with E-state index in [-0.39, 0.29) is 5.82 Å². The summed E-state index contributed by atoms with van der Waals surface area (Å²) in [5.74, 6) is -0.153. The molecule has 0 aliphatic heterocycles. The van der Waals surface area contributed by atoms with E-state index >= 15 is 0 Å². The molecular weight excluding hydrogens is 223 g/mol. The molecule has 0 atom stereocenters. The molecule has 0 fully saturated rings. The smallest absolute Gasteiger partial charge is 0.126 e. The Morgan fingerprint density at radius 3 is 2.33 bits per heavy atom. The van der Waals surface area contributed by atoms with Crippen molar-refractivity contribution in [3.8, 4) is 0 Å². The van der Waals surface area contributed by atoms with Gasteiger partial charge in [0.15, 0.2) is 0 Å². The first-order chi connectivity index (χ1) is 8.56. The predicted molar refractivity (Wildman–Crippen MR) is 75.1 cm³/mol. The highest BCUT2D eigenvalue weighted by Crippen LogP contribution is 2.19. The molecule has 0 bridgehead atoms. The number of benzene rings is 2. The molecule has 0 nitrogen and oxygen atoms in total. The summed E-state index contributed by atoms with van der Waals surface area (Å²) in [7, 11) is 0. The van der Waals surface area contributed by atoms with Crippen molar-refractivity contribution < 1.29 is 4.39 Å². The molecule has 18 heavy (non-hydrogen) atoms. The van der Waals surface area contributed by atoms with E-state index in [1.54, 1.807) is 6.92 Å². The molecule has 92 valence electrons. The molecule has 2 aromatic carbocycles. The van der Waals surface area contributed by atoms with E-state index < -0.39 is 0 Å². The average molecular weight is 240 g/mol. The van der Waals surface area contributed by atoms with Gasteiger partial charge in [-0.05, 0) is 48.6 Å². The minimum atomic E-state index is -0.153. The van der Waals surface area contributed by atoms with Crippen LogP contribution < -0.4 is 0 Å². The van der Waals surface area contributed by atoms with E-state index in [2.05, 4.69) is 37.8 Å². The molecule has 0 heterocycles. The van der Waals surface area contributed by atoms with Crippen LogP contribution in [0.3, 0.4) is 0 Å². The summed E-state index contributed by atoms with van der Waals surface area (Å²) in [5, 5.41) is 0. The summed E-state index contributed by atoms with van der Waals surface area (Å²) in [4.78, 5) is 0. The van der Waals surface area contributed by atoms with E-state index in [0.717, 1.165) is 23.1 Å². The third-order valence-corrected chi connectivity index (χ3v) is 3.10. The van der Waals surface area contributed by atoms with Crippen LogP contribution in [0.25, 0.3) is 5.57 Å². The maximum absolute atomic E-state index is 13.2. The van der Waals surface area contributed by atoms with Gasteiger partial charge in [0.2, 0.25) is 0 Å². The Balaban J connectivity index is 2.16. The van der Waals surface area contributed by atoms with Crippen LogP contribution in [-0.2, 0) is 6.42 Å². The zero-order chi connectivity index (χ0) is 13.1.